The lowest BCUT2D eigenvalue weighted by molar-refractivity contribution is 0.0506. The maximum absolute atomic E-state index is 10.5. The van der Waals surface area contributed by atoms with Crippen LogP contribution in [0.5, 0.6) is 11.5 Å². The second-order valence-corrected chi connectivity index (χ2v) is 6.99. The summed E-state index contributed by atoms with van der Waals surface area (Å²) in [6.07, 6.45) is 1.06. The molecule has 0 aliphatic carbocycles. The molecule has 0 fully saturated rings. The molecule has 0 bridgehead atoms. The predicted octanol–water partition coefficient (Wildman–Crippen LogP) is 4.11. The van der Waals surface area contributed by atoms with Crippen molar-refractivity contribution in [2.24, 2.45) is 0 Å². The van der Waals surface area contributed by atoms with E-state index < -0.39 is 6.10 Å². The van der Waals surface area contributed by atoms with Crippen LogP contribution in [-0.2, 0) is 6.54 Å². The quantitative estimate of drug-likeness (QED) is 0.601. The van der Waals surface area contributed by atoms with Crippen molar-refractivity contribution in [1.82, 2.24) is 4.90 Å². The number of rotatable bonds is 11. The summed E-state index contributed by atoms with van der Waals surface area (Å²) < 4.78 is 17.2. The number of hydrogen-bond donors (Lipinski definition) is 1. The number of ether oxygens (including phenoxy) is 2. The van der Waals surface area contributed by atoms with Gasteiger partial charge in [0.25, 0.3) is 0 Å². The molecule has 0 radical (unpaired) electrons. The number of benzene rings is 1. The molecule has 1 aromatic heterocycles. The lowest BCUT2D eigenvalue weighted by Gasteiger charge is -2.28. The highest BCUT2D eigenvalue weighted by atomic mass is 16.5. The SMILES string of the molecule is C=CCOc1ccccc1OCC(O)CN(Cc1cc(C)c(C)o1)C(C)C. The Balaban J connectivity index is 1.92. The summed E-state index contributed by atoms with van der Waals surface area (Å²) in [5.41, 5.74) is 1.15. The van der Waals surface area contributed by atoms with Crippen LogP contribution in [0, 0.1) is 13.8 Å². The minimum atomic E-state index is -0.628. The second-order valence-electron chi connectivity index (χ2n) is 6.99. The summed E-state index contributed by atoms with van der Waals surface area (Å²) in [5, 5.41) is 10.5. The first kappa shape index (κ1) is 21.1. The number of para-hydroxylation sites is 2. The molecule has 0 saturated carbocycles. The van der Waals surface area contributed by atoms with Crippen molar-refractivity contribution in [3.63, 3.8) is 0 Å². The van der Waals surface area contributed by atoms with Crippen LogP contribution in [0.3, 0.4) is 0 Å². The highest BCUT2D eigenvalue weighted by molar-refractivity contribution is 5.39. The van der Waals surface area contributed by atoms with Gasteiger partial charge < -0.3 is 19.0 Å². The number of aliphatic hydroxyl groups is 1. The molecule has 2 rings (SSSR count). The van der Waals surface area contributed by atoms with E-state index in [9.17, 15) is 5.11 Å². The lowest BCUT2D eigenvalue weighted by Crippen LogP contribution is -2.39. The zero-order chi connectivity index (χ0) is 19.8. The summed E-state index contributed by atoms with van der Waals surface area (Å²) in [5.74, 6) is 3.11. The second kappa shape index (κ2) is 10.2. The Hall–Kier alpha value is -2.24. The van der Waals surface area contributed by atoms with Gasteiger partial charge in [0.15, 0.2) is 11.5 Å². The largest absolute Gasteiger partial charge is 0.487 e. The molecule has 1 heterocycles. The van der Waals surface area contributed by atoms with E-state index in [1.54, 1.807) is 6.08 Å². The molecule has 0 amide bonds. The van der Waals surface area contributed by atoms with E-state index in [4.69, 9.17) is 13.9 Å². The molecule has 2 aromatic rings. The van der Waals surface area contributed by atoms with Crippen LogP contribution in [0.4, 0.5) is 0 Å². The van der Waals surface area contributed by atoms with Crippen LogP contribution in [0.2, 0.25) is 0 Å². The molecule has 1 N–H and O–H groups in total. The molecule has 1 aromatic carbocycles. The van der Waals surface area contributed by atoms with Crippen molar-refractivity contribution in [2.45, 2.75) is 46.4 Å². The maximum atomic E-state index is 10.5. The number of nitrogens with zero attached hydrogens (tertiary/aromatic N) is 1. The van der Waals surface area contributed by atoms with Gasteiger partial charge in [0, 0.05) is 12.6 Å². The molecule has 0 saturated heterocycles. The van der Waals surface area contributed by atoms with Gasteiger partial charge in [-0.05, 0) is 51.5 Å². The summed E-state index contributed by atoms with van der Waals surface area (Å²) in [6, 6.07) is 9.77. The normalized spacial score (nSPS) is 12.4. The van der Waals surface area contributed by atoms with Crippen LogP contribution in [-0.4, -0.2) is 41.9 Å². The van der Waals surface area contributed by atoms with Gasteiger partial charge in [0.05, 0.1) is 6.54 Å². The lowest BCUT2D eigenvalue weighted by atomic mass is 10.2. The summed E-state index contributed by atoms with van der Waals surface area (Å²) in [4.78, 5) is 2.17. The van der Waals surface area contributed by atoms with E-state index in [1.807, 2.05) is 38.1 Å². The van der Waals surface area contributed by atoms with Gasteiger partial charge >= 0.3 is 0 Å². The fourth-order valence-electron chi connectivity index (χ4n) is 2.73. The predicted molar refractivity (Wildman–Crippen MR) is 107 cm³/mol. The van der Waals surface area contributed by atoms with E-state index in [-0.39, 0.29) is 12.6 Å². The fourth-order valence-corrected chi connectivity index (χ4v) is 2.73. The van der Waals surface area contributed by atoms with E-state index in [2.05, 4.69) is 31.4 Å². The van der Waals surface area contributed by atoms with E-state index in [1.165, 1.54) is 0 Å². The van der Waals surface area contributed by atoms with E-state index >= 15 is 0 Å². The minimum absolute atomic E-state index is 0.188. The van der Waals surface area contributed by atoms with Crippen molar-refractivity contribution in [3.8, 4) is 11.5 Å². The average molecular weight is 373 g/mol. The number of furan rings is 1. The van der Waals surface area contributed by atoms with Crippen molar-refractivity contribution in [3.05, 3.63) is 60.1 Å². The monoisotopic (exact) mass is 373 g/mol. The molecule has 5 nitrogen and oxygen atoms in total. The number of hydrogen-bond acceptors (Lipinski definition) is 5. The van der Waals surface area contributed by atoms with Gasteiger partial charge in [-0.25, -0.2) is 0 Å². The van der Waals surface area contributed by atoms with Crippen LogP contribution < -0.4 is 9.47 Å². The van der Waals surface area contributed by atoms with Gasteiger partial charge in [-0.3, -0.25) is 4.90 Å². The Morgan fingerprint density at radius 1 is 1.19 bits per heavy atom. The molecule has 5 heteroatoms. The average Bonchev–Trinajstić information content (AvgIpc) is 2.95. The Labute approximate surface area is 162 Å². The topological polar surface area (TPSA) is 55.1 Å². The number of aliphatic hydroxyl groups excluding tert-OH is 1. The molecule has 0 spiro atoms. The highest BCUT2D eigenvalue weighted by Gasteiger charge is 2.18. The molecule has 1 unspecified atom stereocenters. The first-order valence-corrected chi connectivity index (χ1v) is 9.34. The van der Waals surface area contributed by atoms with Crippen LogP contribution in [0.25, 0.3) is 0 Å². The summed E-state index contributed by atoms with van der Waals surface area (Å²) in [6.45, 7) is 13.6. The van der Waals surface area contributed by atoms with Crippen molar-refractivity contribution < 1.29 is 19.0 Å². The van der Waals surface area contributed by atoms with Gasteiger partial charge in [0.1, 0.15) is 30.8 Å². The summed E-state index contributed by atoms with van der Waals surface area (Å²) >= 11 is 0. The standard InChI is InChI=1S/C22H31NO4/c1-6-11-25-21-9-7-8-10-22(21)26-15-19(24)13-23(16(2)3)14-20-12-17(4)18(5)27-20/h6-10,12,16,19,24H,1,11,13-15H2,2-5H3. The third kappa shape index (κ3) is 6.45. The van der Waals surface area contributed by atoms with Crippen LogP contribution in [0.15, 0.2) is 47.4 Å². The van der Waals surface area contributed by atoms with Crippen LogP contribution >= 0.6 is 0 Å². The van der Waals surface area contributed by atoms with E-state index in [0.29, 0.717) is 31.2 Å². The molecule has 0 aliphatic rings. The third-order valence-electron chi connectivity index (χ3n) is 4.39. The van der Waals surface area contributed by atoms with Gasteiger partial charge in [-0.2, -0.15) is 0 Å². The summed E-state index contributed by atoms with van der Waals surface area (Å²) in [7, 11) is 0. The van der Waals surface area contributed by atoms with Crippen molar-refractivity contribution in [2.75, 3.05) is 19.8 Å². The van der Waals surface area contributed by atoms with Crippen molar-refractivity contribution in [1.29, 1.82) is 0 Å². The Morgan fingerprint density at radius 3 is 2.41 bits per heavy atom. The number of aryl methyl sites for hydroxylation is 2. The van der Waals surface area contributed by atoms with Crippen LogP contribution in [0.1, 0.15) is 30.9 Å². The molecule has 148 valence electrons. The molecule has 0 aliphatic heterocycles. The smallest absolute Gasteiger partial charge is 0.161 e. The van der Waals surface area contributed by atoms with Crippen molar-refractivity contribution >= 4 is 0 Å². The Kier molecular flexibility index (Phi) is 7.95. The molecule has 1 atom stereocenters. The molecule has 27 heavy (non-hydrogen) atoms. The highest BCUT2D eigenvalue weighted by Crippen LogP contribution is 2.26. The van der Waals surface area contributed by atoms with Gasteiger partial charge in [0.2, 0.25) is 0 Å². The fraction of sp³-hybridized carbons (Fsp3) is 0.455. The Bertz CT molecular complexity index is 703. The Morgan fingerprint density at radius 2 is 1.85 bits per heavy atom. The van der Waals surface area contributed by atoms with Gasteiger partial charge in [-0.1, -0.05) is 24.8 Å². The third-order valence-corrected chi connectivity index (χ3v) is 4.39. The first-order valence-electron chi connectivity index (χ1n) is 9.34. The minimum Gasteiger partial charge on any atom is -0.487 e. The zero-order valence-corrected chi connectivity index (χ0v) is 16.8. The zero-order valence-electron chi connectivity index (χ0n) is 16.8. The van der Waals surface area contributed by atoms with E-state index in [0.717, 1.165) is 17.1 Å². The van der Waals surface area contributed by atoms with Gasteiger partial charge in [-0.15, -0.1) is 0 Å². The first-order chi connectivity index (χ1) is 12.9. The molecular weight excluding hydrogens is 342 g/mol. The maximum Gasteiger partial charge on any atom is 0.161 e. The molecular formula is C22H31NO4.